The third-order valence-electron chi connectivity index (χ3n) is 7.27. The number of carbonyl (C=O) groups excluding carboxylic acids is 1. The normalized spacial score (nSPS) is 17.8. The molecule has 1 aliphatic heterocycles. The molecule has 2 aromatic heterocycles. The van der Waals surface area contributed by atoms with Gasteiger partial charge in [0.2, 0.25) is 11.6 Å². The van der Waals surface area contributed by atoms with Crippen LogP contribution in [0.3, 0.4) is 0 Å². The van der Waals surface area contributed by atoms with Crippen LogP contribution in [0.1, 0.15) is 50.8 Å². The molecule has 3 heterocycles. The van der Waals surface area contributed by atoms with Gasteiger partial charge < -0.3 is 4.90 Å². The summed E-state index contributed by atoms with van der Waals surface area (Å²) in [6.45, 7) is 3.48. The molecule has 8 nitrogen and oxygen atoms in total. The molecule has 1 saturated heterocycles. The van der Waals surface area contributed by atoms with Gasteiger partial charge in [-0.05, 0) is 31.4 Å². The van der Waals surface area contributed by atoms with Gasteiger partial charge in [-0.25, -0.2) is 8.78 Å². The van der Waals surface area contributed by atoms with Gasteiger partial charge in [0.1, 0.15) is 5.82 Å². The summed E-state index contributed by atoms with van der Waals surface area (Å²) in [7, 11) is 0. The number of hydrogen-bond donors (Lipinski definition) is 0. The predicted octanol–water partition coefficient (Wildman–Crippen LogP) is 2.96. The lowest BCUT2D eigenvalue weighted by molar-refractivity contribution is -0.133. The van der Waals surface area contributed by atoms with E-state index in [1.165, 1.54) is 48.9 Å². The van der Waals surface area contributed by atoms with E-state index < -0.39 is 17.2 Å². The highest BCUT2D eigenvalue weighted by Gasteiger charge is 2.26. The Morgan fingerprint density at radius 3 is 2.49 bits per heavy atom. The molecular formula is C25H30F2N6O2. The van der Waals surface area contributed by atoms with E-state index in [0.29, 0.717) is 31.1 Å². The molecule has 2 fully saturated rings. The lowest BCUT2D eigenvalue weighted by Gasteiger charge is -2.40. The zero-order chi connectivity index (χ0) is 24.4. The van der Waals surface area contributed by atoms with Crippen LogP contribution in [-0.2, 0) is 11.2 Å². The number of amides is 1. The predicted molar refractivity (Wildman–Crippen MR) is 126 cm³/mol. The Hall–Kier alpha value is -3.14. The molecule has 0 bridgehead atoms. The Bertz CT molecular complexity index is 1260. The van der Waals surface area contributed by atoms with E-state index in [0.717, 1.165) is 38.3 Å². The number of piperazine rings is 1. The number of halogens is 2. The maximum absolute atomic E-state index is 13.6. The zero-order valence-corrected chi connectivity index (χ0v) is 19.7. The second-order valence-electron chi connectivity index (χ2n) is 9.44. The van der Waals surface area contributed by atoms with Crippen LogP contribution in [-0.4, -0.2) is 67.1 Å². The van der Waals surface area contributed by atoms with Gasteiger partial charge in [-0.15, -0.1) is 10.2 Å². The van der Waals surface area contributed by atoms with Crippen LogP contribution in [0.2, 0.25) is 0 Å². The van der Waals surface area contributed by atoms with Crippen molar-refractivity contribution in [2.24, 2.45) is 0 Å². The molecule has 0 atom stereocenters. The Kier molecular flexibility index (Phi) is 6.90. The summed E-state index contributed by atoms with van der Waals surface area (Å²) in [5, 5.41) is 8.12. The fourth-order valence-corrected chi connectivity index (χ4v) is 5.28. The highest BCUT2D eigenvalue weighted by atomic mass is 19.2. The lowest BCUT2D eigenvalue weighted by atomic mass is 9.94. The van der Waals surface area contributed by atoms with E-state index in [1.807, 2.05) is 4.90 Å². The number of rotatable bonds is 6. The quantitative estimate of drug-likeness (QED) is 0.538. The van der Waals surface area contributed by atoms with Crippen molar-refractivity contribution in [2.45, 2.75) is 57.4 Å². The molecule has 2 aliphatic rings. The number of nitrogens with zero attached hydrogens (tertiary/aromatic N) is 6. The fraction of sp³-hybridized carbons (Fsp3) is 0.520. The maximum atomic E-state index is 13.6. The van der Waals surface area contributed by atoms with Crippen LogP contribution in [0.15, 0.2) is 35.4 Å². The third kappa shape index (κ3) is 4.98. The first-order valence-corrected chi connectivity index (χ1v) is 12.4. The second kappa shape index (κ2) is 10.2. The topological polar surface area (TPSA) is 75.7 Å². The van der Waals surface area contributed by atoms with Crippen molar-refractivity contribution in [2.75, 3.05) is 26.2 Å². The van der Waals surface area contributed by atoms with Crippen LogP contribution in [0, 0.1) is 11.6 Å². The second-order valence-corrected chi connectivity index (χ2v) is 9.44. The van der Waals surface area contributed by atoms with Gasteiger partial charge in [-0.2, -0.15) is 0 Å². The van der Waals surface area contributed by atoms with E-state index in [4.69, 9.17) is 0 Å². The Morgan fingerprint density at radius 1 is 0.971 bits per heavy atom. The molecule has 0 spiro atoms. The van der Waals surface area contributed by atoms with Crippen LogP contribution in [0.5, 0.6) is 0 Å². The minimum Gasteiger partial charge on any atom is -0.340 e. The van der Waals surface area contributed by atoms with Crippen LogP contribution < -0.4 is 5.56 Å². The van der Waals surface area contributed by atoms with Crippen molar-refractivity contribution in [3.05, 3.63) is 58.4 Å². The van der Waals surface area contributed by atoms with Crippen LogP contribution in [0.4, 0.5) is 8.78 Å². The van der Waals surface area contributed by atoms with Crippen molar-refractivity contribution in [3.63, 3.8) is 0 Å². The number of hydrogen-bond acceptors (Lipinski definition) is 5. The van der Waals surface area contributed by atoms with Crippen molar-refractivity contribution in [1.29, 1.82) is 0 Å². The summed E-state index contributed by atoms with van der Waals surface area (Å²) in [6, 6.07) is 3.96. The molecule has 35 heavy (non-hydrogen) atoms. The molecule has 0 radical (unpaired) electrons. The molecule has 1 saturated carbocycles. The Morgan fingerprint density at radius 2 is 1.74 bits per heavy atom. The number of aromatic nitrogens is 4. The molecule has 0 unspecified atom stereocenters. The van der Waals surface area contributed by atoms with Gasteiger partial charge in [-0.1, -0.05) is 19.3 Å². The number of benzene rings is 1. The highest BCUT2D eigenvalue weighted by molar-refractivity contribution is 5.76. The summed E-state index contributed by atoms with van der Waals surface area (Å²) < 4.78 is 29.6. The molecule has 10 heteroatoms. The van der Waals surface area contributed by atoms with Gasteiger partial charge in [0.25, 0.3) is 0 Å². The van der Waals surface area contributed by atoms with Crippen molar-refractivity contribution in [1.82, 2.24) is 29.0 Å². The van der Waals surface area contributed by atoms with E-state index >= 15 is 0 Å². The van der Waals surface area contributed by atoms with Crippen molar-refractivity contribution in [3.8, 4) is 5.69 Å². The zero-order valence-electron chi connectivity index (χ0n) is 19.7. The summed E-state index contributed by atoms with van der Waals surface area (Å²) in [5.74, 6) is -1.27. The number of aryl methyl sites for hydroxylation is 1. The fourth-order valence-electron chi connectivity index (χ4n) is 5.28. The average molecular weight is 485 g/mol. The maximum Gasteiger partial charge on any atom is 0.300 e. The molecule has 5 rings (SSSR count). The monoisotopic (exact) mass is 484 g/mol. The van der Waals surface area contributed by atoms with Gasteiger partial charge >= 0.3 is 5.56 Å². The summed E-state index contributed by atoms with van der Waals surface area (Å²) in [6.07, 6.45) is 11.2. The smallest absolute Gasteiger partial charge is 0.300 e. The Labute approximate surface area is 202 Å². The minimum absolute atomic E-state index is 0.0948. The third-order valence-corrected chi connectivity index (χ3v) is 7.27. The SMILES string of the molecule is O=C(CCCc1nnc2c(=O)n(-c3ccc(F)c(F)c3)ccn12)N1CCN(C2CCCCC2)CC1. The number of fused-ring (bicyclic) bond motifs is 1. The van der Waals surface area contributed by atoms with E-state index in [1.54, 1.807) is 10.6 Å². The van der Waals surface area contributed by atoms with Crippen molar-refractivity contribution < 1.29 is 13.6 Å². The number of carbonyl (C=O) groups is 1. The summed E-state index contributed by atoms with van der Waals surface area (Å²) >= 11 is 0. The van der Waals surface area contributed by atoms with Gasteiger partial charge in [0.15, 0.2) is 11.6 Å². The molecule has 186 valence electrons. The van der Waals surface area contributed by atoms with Gasteiger partial charge in [-0.3, -0.25) is 23.5 Å². The molecular weight excluding hydrogens is 454 g/mol. The standard InChI is InChI=1S/C25H30F2N6O2/c26-20-10-9-19(17-21(20)27)32-15-16-33-22(28-29-24(33)25(32)35)7-4-8-23(34)31-13-11-30(12-14-31)18-5-2-1-3-6-18/h9-10,15-18H,1-8,11-14H2. The van der Waals surface area contributed by atoms with Crippen LogP contribution >= 0.6 is 0 Å². The summed E-state index contributed by atoms with van der Waals surface area (Å²) in [5.41, 5.74) is -0.184. The molecule has 1 aromatic carbocycles. The molecule has 1 amide bonds. The first-order valence-electron chi connectivity index (χ1n) is 12.4. The van der Waals surface area contributed by atoms with E-state index in [9.17, 15) is 18.4 Å². The molecule has 1 aliphatic carbocycles. The molecule has 3 aromatic rings. The van der Waals surface area contributed by atoms with E-state index in [-0.39, 0.29) is 17.2 Å². The average Bonchev–Trinajstić information content (AvgIpc) is 3.30. The van der Waals surface area contributed by atoms with Crippen LogP contribution in [0.25, 0.3) is 11.3 Å². The van der Waals surface area contributed by atoms with Gasteiger partial charge in [0.05, 0.1) is 5.69 Å². The largest absolute Gasteiger partial charge is 0.340 e. The first-order chi connectivity index (χ1) is 17.0. The van der Waals surface area contributed by atoms with E-state index in [2.05, 4.69) is 15.1 Å². The molecule has 0 N–H and O–H groups in total. The Balaban J connectivity index is 1.17. The minimum atomic E-state index is -1.03. The highest BCUT2D eigenvalue weighted by Crippen LogP contribution is 2.23. The summed E-state index contributed by atoms with van der Waals surface area (Å²) in [4.78, 5) is 30.1. The van der Waals surface area contributed by atoms with Crippen molar-refractivity contribution >= 4 is 11.6 Å². The first kappa shape index (κ1) is 23.6. The van der Waals surface area contributed by atoms with Gasteiger partial charge in [0, 0.05) is 63.5 Å². The lowest BCUT2D eigenvalue weighted by Crippen LogP contribution is -2.52.